The molecule has 0 spiro atoms. The molecule has 0 saturated carbocycles. The molecule has 6 nitrogen and oxygen atoms in total. The van der Waals surface area contributed by atoms with Gasteiger partial charge >= 0.3 is 0 Å². The molecule has 1 heterocycles. The Bertz CT molecular complexity index is 1440. The van der Waals surface area contributed by atoms with Gasteiger partial charge in [0.2, 0.25) is 5.91 Å². The number of carbonyl (C=O) groups excluding carboxylic acids is 1. The van der Waals surface area contributed by atoms with Crippen molar-refractivity contribution >= 4 is 34.3 Å². The topological polar surface area (TPSA) is 87.8 Å². The maximum Gasteiger partial charge on any atom is 0.266 e. The highest BCUT2D eigenvalue weighted by Crippen LogP contribution is 2.24. The number of aryl methyl sites for hydroxylation is 1. The average molecular weight is 455 g/mol. The predicted molar refractivity (Wildman–Crippen MR) is 132 cm³/mol. The van der Waals surface area contributed by atoms with E-state index in [-0.39, 0.29) is 17.2 Å². The molecule has 1 amide bonds. The SMILES string of the molecule is Cc1cccc(-n2c(SCC(=O)Nc3ccc(CC#N)cc3)nc3ccccc3c2=O)c1C. The number of rotatable bonds is 6. The maximum atomic E-state index is 13.4. The van der Waals surface area contributed by atoms with E-state index >= 15 is 0 Å². The van der Waals surface area contributed by atoms with Crippen LogP contribution in [0, 0.1) is 25.2 Å². The maximum absolute atomic E-state index is 13.4. The summed E-state index contributed by atoms with van der Waals surface area (Å²) in [5.74, 6) is -0.113. The van der Waals surface area contributed by atoms with Crippen LogP contribution in [0.5, 0.6) is 0 Å². The molecule has 164 valence electrons. The van der Waals surface area contributed by atoms with Crippen molar-refractivity contribution in [3.63, 3.8) is 0 Å². The molecule has 33 heavy (non-hydrogen) atoms. The monoisotopic (exact) mass is 454 g/mol. The Morgan fingerprint density at radius 1 is 1.06 bits per heavy atom. The van der Waals surface area contributed by atoms with Gasteiger partial charge < -0.3 is 5.32 Å². The third-order valence-electron chi connectivity index (χ3n) is 5.42. The van der Waals surface area contributed by atoms with Gasteiger partial charge in [0.15, 0.2) is 5.16 Å². The van der Waals surface area contributed by atoms with Gasteiger partial charge in [0, 0.05) is 5.69 Å². The van der Waals surface area contributed by atoms with Crippen LogP contribution in [0.3, 0.4) is 0 Å². The van der Waals surface area contributed by atoms with E-state index in [4.69, 9.17) is 10.2 Å². The molecule has 0 bridgehead atoms. The summed E-state index contributed by atoms with van der Waals surface area (Å²) in [5.41, 5.74) is 4.80. The lowest BCUT2D eigenvalue weighted by molar-refractivity contribution is -0.113. The van der Waals surface area contributed by atoms with Gasteiger partial charge in [-0.05, 0) is 60.9 Å². The minimum Gasteiger partial charge on any atom is -0.325 e. The number of nitrogens with zero attached hydrogens (tertiary/aromatic N) is 3. The lowest BCUT2D eigenvalue weighted by atomic mass is 10.1. The summed E-state index contributed by atoms with van der Waals surface area (Å²) in [7, 11) is 0. The van der Waals surface area contributed by atoms with E-state index in [1.165, 1.54) is 11.8 Å². The number of aromatic nitrogens is 2. The van der Waals surface area contributed by atoms with E-state index < -0.39 is 0 Å². The molecule has 1 N–H and O–H groups in total. The molecule has 4 rings (SSSR count). The Balaban J connectivity index is 1.64. The van der Waals surface area contributed by atoms with E-state index in [1.54, 1.807) is 28.8 Å². The third-order valence-corrected chi connectivity index (χ3v) is 6.35. The highest BCUT2D eigenvalue weighted by Gasteiger charge is 2.16. The number of benzene rings is 3. The van der Waals surface area contributed by atoms with E-state index in [9.17, 15) is 9.59 Å². The summed E-state index contributed by atoms with van der Waals surface area (Å²) >= 11 is 1.22. The summed E-state index contributed by atoms with van der Waals surface area (Å²) in [6.07, 6.45) is 0.327. The predicted octanol–water partition coefficient (Wildman–Crippen LogP) is 4.80. The van der Waals surface area contributed by atoms with Gasteiger partial charge in [-0.2, -0.15) is 5.26 Å². The van der Waals surface area contributed by atoms with Crippen molar-refractivity contribution in [2.45, 2.75) is 25.4 Å². The first kappa shape index (κ1) is 22.3. The van der Waals surface area contributed by atoms with Crippen molar-refractivity contribution in [3.8, 4) is 11.8 Å². The van der Waals surface area contributed by atoms with E-state index in [1.807, 2.05) is 56.3 Å². The summed E-state index contributed by atoms with van der Waals surface area (Å²) in [6, 6.07) is 22.3. The number of hydrogen-bond donors (Lipinski definition) is 1. The zero-order valence-electron chi connectivity index (χ0n) is 18.3. The van der Waals surface area contributed by atoms with E-state index in [0.29, 0.717) is 28.2 Å². The van der Waals surface area contributed by atoms with Crippen molar-refractivity contribution in [1.82, 2.24) is 9.55 Å². The number of thioether (sulfide) groups is 1. The van der Waals surface area contributed by atoms with E-state index in [0.717, 1.165) is 22.4 Å². The summed E-state index contributed by atoms with van der Waals surface area (Å²) < 4.78 is 1.60. The Kier molecular flexibility index (Phi) is 6.57. The van der Waals surface area contributed by atoms with Crippen LogP contribution in [-0.4, -0.2) is 21.2 Å². The molecular weight excluding hydrogens is 432 g/mol. The number of nitrogens with one attached hydrogen (secondary N) is 1. The first-order chi connectivity index (χ1) is 16.0. The molecule has 7 heteroatoms. The van der Waals surface area contributed by atoms with Crippen LogP contribution in [0.15, 0.2) is 76.7 Å². The standard InChI is InChI=1S/C26H22N4O2S/c1-17-6-5-9-23(18(17)2)30-25(32)21-7-3-4-8-22(21)29-26(30)33-16-24(31)28-20-12-10-19(11-13-20)14-15-27/h3-13H,14,16H2,1-2H3,(H,28,31). The molecule has 0 aliphatic rings. The first-order valence-corrected chi connectivity index (χ1v) is 11.4. The second kappa shape index (κ2) is 9.72. The van der Waals surface area contributed by atoms with Crippen LogP contribution < -0.4 is 10.9 Å². The second-order valence-corrected chi connectivity index (χ2v) is 8.58. The van der Waals surface area contributed by atoms with Crippen molar-refractivity contribution in [2.24, 2.45) is 0 Å². The summed E-state index contributed by atoms with van der Waals surface area (Å²) in [5, 5.41) is 12.6. The molecule has 0 saturated heterocycles. The fraction of sp³-hybridized carbons (Fsp3) is 0.154. The number of anilines is 1. The van der Waals surface area contributed by atoms with Crippen molar-refractivity contribution < 1.29 is 4.79 Å². The lowest BCUT2D eigenvalue weighted by Gasteiger charge is -2.16. The Hall–Kier alpha value is -3.89. The number of fused-ring (bicyclic) bond motifs is 1. The number of para-hydroxylation sites is 1. The number of nitriles is 1. The van der Waals surface area contributed by atoms with Gasteiger partial charge in [-0.1, -0.05) is 48.2 Å². The smallest absolute Gasteiger partial charge is 0.266 e. The van der Waals surface area contributed by atoms with Crippen molar-refractivity contribution in [2.75, 3.05) is 11.1 Å². The van der Waals surface area contributed by atoms with Gasteiger partial charge in [-0.25, -0.2) is 4.98 Å². The van der Waals surface area contributed by atoms with Crippen LogP contribution >= 0.6 is 11.8 Å². The summed E-state index contributed by atoms with van der Waals surface area (Å²) in [6.45, 7) is 3.98. The van der Waals surface area contributed by atoms with Crippen LogP contribution in [-0.2, 0) is 11.2 Å². The molecule has 0 aliphatic carbocycles. The molecule has 4 aromatic rings. The lowest BCUT2D eigenvalue weighted by Crippen LogP contribution is -2.23. The molecule has 0 radical (unpaired) electrons. The second-order valence-electron chi connectivity index (χ2n) is 7.64. The Morgan fingerprint density at radius 3 is 2.58 bits per heavy atom. The van der Waals surface area contributed by atoms with Crippen molar-refractivity contribution in [3.05, 3.63) is 93.8 Å². The van der Waals surface area contributed by atoms with E-state index in [2.05, 4.69) is 11.4 Å². The molecule has 0 atom stereocenters. The molecule has 1 aromatic heterocycles. The van der Waals surface area contributed by atoms with Gasteiger partial charge in [0.05, 0.1) is 34.8 Å². The highest BCUT2D eigenvalue weighted by molar-refractivity contribution is 7.99. The molecule has 3 aromatic carbocycles. The number of amides is 1. The van der Waals surface area contributed by atoms with Gasteiger partial charge in [0.1, 0.15) is 0 Å². The van der Waals surface area contributed by atoms with Crippen LogP contribution in [0.1, 0.15) is 16.7 Å². The first-order valence-electron chi connectivity index (χ1n) is 10.4. The Morgan fingerprint density at radius 2 is 1.82 bits per heavy atom. The normalized spacial score (nSPS) is 10.7. The number of hydrogen-bond acceptors (Lipinski definition) is 5. The summed E-state index contributed by atoms with van der Waals surface area (Å²) in [4.78, 5) is 30.7. The zero-order chi connectivity index (χ0) is 23.4. The number of carbonyl (C=O) groups is 1. The zero-order valence-corrected chi connectivity index (χ0v) is 19.1. The fourth-order valence-electron chi connectivity index (χ4n) is 3.52. The van der Waals surface area contributed by atoms with Crippen molar-refractivity contribution in [1.29, 1.82) is 5.26 Å². The largest absolute Gasteiger partial charge is 0.325 e. The van der Waals surface area contributed by atoms with Crippen LogP contribution in [0.4, 0.5) is 5.69 Å². The van der Waals surface area contributed by atoms with Gasteiger partial charge in [0.25, 0.3) is 5.56 Å². The van der Waals surface area contributed by atoms with Crippen LogP contribution in [0.2, 0.25) is 0 Å². The van der Waals surface area contributed by atoms with Crippen LogP contribution in [0.25, 0.3) is 16.6 Å². The average Bonchev–Trinajstić information content (AvgIpc) is 2.81. The Labute approximate surface area is 195 Å². The molecular formula is C26H22N4O2S. The molecule has 0 aliphatic heterocycles. The molecule has 0 fully saturated rings. The third kappa shape index (κ3) is 4.81. The fourth-order valence-corrected chi connectivity index (χ4v) is 4.33. The van der Waals surface area contributed by atoms with Gasteiger partial charge in [-0.15, -0.1) is 0 Å². The van der Waals surface area contributed by atoms with Gasteiger partial charge in [-0.3, -0.25) is 14.2 Å². The molecule has 0 unspecified atom stereocenters. The quantitative estimate of drug-likeness (QED) is 0.334. The highest BCUT2D eigenvalue weighted by atomic mass is 32.2. The minimum absolute atomic E-state index is 0.0928. The minimum atomic E-state index is -0.206.